The summed E-state index contributed by atoms with van der Waals surface area (Å²) >= 11 is 0. The zero-order valence-corrected chi connectivity index (χ0v) is 15.6. The zero-order chi connectivity index (χ0) is 19.1. The molecule has 2 bridgehead atoms. The second-order valence-corrected chi connectivity index (χ2v) is 8.02. The number of hydrogen-bond acceptors (Lipinski definition) is 5. The van der Waals surface area contributed by atoms with E-state index in [-0.39, 0.29) is 22.3 Å². The summed E-state index contributed by atoms with van der Waals surface area (Å²) in [7, 11) is 0. The van der Waals surface area contributed by atoms with Crippen molar-refractivity contribution in [3.8, 4) is 0 Å². The maximum absolute atomic E-state index is 12.0. The van der Waals surface area contributed by atoms with Crippen LogP contribution in [0.3, 0.4) is 0 Å². The van der Waals surface area contributed by atoms with Gasteiger partial charge in [0, 0.05) is 22.9 Å². The summed E-state index contributed by atoms with van der Waals surface area (Å²) in [4.78, 5) is 37.8. The van der Waals surface area contributed by atoms with Crippen LogP contribution in [0.4, 0.5) is 0 Å². The Balaban J connectivity index is 1.53. The van der Waals surface area contributed by atoms with Gasteiger partial charge in [-0.15, -0.1) is 0 Å². The Morgan fingerprint density at radius 3 is 2.62 bits per heavy atom. The summed E-state index contributed by atoms with van der Waals surface area (Å²) in [6.45, 7) is 7.73. The monoisotopic (exact) mass is 359 g/mol. The molecule has 7 heteroatoms. The summed E-state index contributed by atoms with van der Waals surface area (Å²) in [5.41, 5.74) is 4.25. The molecule has 2 saturated carbocycles. The van der Waals surface area contributed by atoms with E-state index < -0.39 is 18.5 Å². The standard InChI is InChI=1S/C19H25N3O4/c1-11(23)12-7-14(20-9-12)17(25)26-10-16(24)22-21-15-8-13-5-6-19(15,4)18(13,2)3/h7,9,13,20H,5-6,8,10H2,1-4H3,(H,22,24)/t13-,19-/m1/s1. The molecule has 3 rings (SSSR count). The van der Waals surface area contributed by atoms with Crippen molar-refractivity contribution in [3.05, 3.63) is 23.5 Å². The molecule has 1 aromatic rings. The number of carbonyl (C=O) groups is 3. The maximum Gasteiger partial charge on any atom is 0.355 e. The van der Waals surface area contributed by atoms with Gasteiger partial charge in [-0.1, -0.05) is 20.8 Å². The lowest BCUT2D eigenvalue weighted by Gasteiger charge is -2.34. The Bertz CT molecular complexity index is 792. The Morgan fingerprint density at radius 1 is 1.35 bits per heavy atom. The SMILES string of the molecule is CC(=O)c1c[nH]c(C(=O)OCC(=O)NN=C2C[C@H]3CC[C@@]2(C)C3(C)C)c1. The van der Waals surface area contributed by atoms with E-state index in [1.165, 1.54) is 25.6 Å². The molecule has 26 heavy (non-hydrogen) atoms. The van der Waals surface area contributed by atoms with Gasteiger partial charge in [-0.25, -0.2) is 10.2 Å². The third-order valence-corrected chi connectivity index (χ3v) is 6.47. The number of hydrazone groups is 1. The molecule has 1 amide bonds. The van der Waals surface area contributed by atoms with Crippen LogP contribution in [0.1, 0.15) is 67.8 Å². The summed E-state index contributed by atoms with van der Waals surface area (Å²) < 4.78 is 4.96. The van der Waals surface area contributed by atoms with E-state index >= 15 is 0 Å². The van der Waals surface area contributed by atoms with Crippen LogP contribution in [0.15, 0.2) is 17.4 Å². The van der Waals surface area contributed by atoms with Gasteiger partial charge < -0.3 is 9.72 Å². The van der Waals surface area contributed by atoms with Crippen LogP contribution in [0.25, 0.3) is 0 Å². The van der Waals surface area contributed by atoms with Crippen molar-refractivity contribution >= 4 is 23.4 Å². The fourth-order valence-electron chi connectivity index (χ4n) is 4.18. The molecule has 2 fully saturated rings. The summed E-state index contributed by atoms with van der Waals surface area (Å²) in [6, 6.07) is 1.40. The van der Waals surface area contributed by atoms with Gasteiger partial charge in [0.25, 0.3) is 5.91 Å². The van der Waals surface area contributed by atoms with Crippen molar-refractivity contribution < 1.29 is 19.1 Å². The van der Waals surface area contributed by atoms with E-state index in [4.69, 9.17) is 4.74 Å². The highest BCUT2D eigenvalue weighted by Crippen LogP contribution is 2.63. The minimum Gasteiger partial charge on any atom is -0.451 e. The van der Waals surface area contributed by atoms with Gasteiger partial charge in [0.15, 0.2) is 12.4 Å². The number of H-pyrrole nitrogens is 1. The molecule has 2 N–H and O–H groups in total. The van der Waals surface area contributed by atoms with Crippen LogP contribution >= 0.6 is 0 Å². The molecular weight excluding hydrogens is 334 g/mol. The van der Waals surface area contributed by atoms with E-state index in [0.717, 1.165) is 18.6 Å². The number of fused-ring (bicyclic) bond motifs is 2. The van der Waals surface area contributed by atoms with Gasteiger partial charge in [-0.2, -0.15) is 5.10 Å². The summed E-state index contributed by atoms with van der Waals surface area (Å²) in [5.74, 6) is -0.720. The lowest BCUT2D eigenvalue weighted by molar-refractivity contribution is -0.124. The lowest BCUT2D eigenvalue weighted by Crippen LogP contribution is -2.34. The van der Waals surface area contributed by atoms with E-state index in [9.17, 15) is 14.4 Å². The molecule has 0 saturated heterocycles. The molecule has 2 atom stereocenters. The number of aromatic nitrogens is 1. The quantitative estimate of drug-likeness (QED) is 0.479. The number of aromatic amines is 1. The van der Waals surface area contributed by atoms with Crippen LogP contribution in [-0.2, 0) is 9.53 Å². The molecule has 1 aromatic heterocycles. The number of nitrogens with zero attached hydrogens (tertiary/aromatic N) is 1. The van der Waals surface area contributed by atoms with Crippen LogP contribution in [0.5, 0.6) is 0 Å². The third kappa shape index (κ3) is 2.95. The number of hydrogen-bond donors (Lipinski definition) is 2. The highest BCUT2D eigenvalue weighted by atomic mass is 16.5. The van der Waals surface area contributed by atoms with E-state index in [1.807, 2.05) is 0 Å². The largest absolute Gasteiger partial charge is 0.451 e. The average Bonchev–Trinajstić information content (AvgIpc) is 3.21. The first-order chi connectivity index (χ1) is 12.1. The first kappa shape index (κ1) is 18.4. The number of amides is 1. The van der Waals surface area contributed by atoms with Crippen molar-refractivity contribution in [2.75, 3.05) is 6.61 Å². The second-order valence-electron chi connectivity index (χ2n) is 8.02. The second kappa shape index (κ2) is 6.37. The Labute approximate surface area is 152 Å². The predicted octanol–water partition coefficient (Wildman–Crippen LogP) is 2.69. The van der Waals surface area contributed by atoms with Gasteiger partial charge in [0.1, 0.15) is 5.69 Å². The van der Waals surface area contributed by atoms with Crippen LogP contribution < -0.4 is 5.43 Å². The number of nitrogens with one attached hydrogen (secondary N) is 2. The van der Waals surface area contributed by atoms with Crippen molar-refractivity contribution in [2.45, 2.75) is 47.0 Å². The Morgan fingerprint density at radius 2 is 2.08 bits per heavy atom. The molecule has 0 radical (unpaired) electrons. The number of Topliss-reactive ketones (excluding diaryl/α,β-unsaturated/α-hetero) is 1. The average molecular weight is 359 g/mol. The predicted molar refractivity (Wildman–Crippen MR) is 95.9 cm³/mol. The first-order valence-electron chi connectivity index (χ1n) is 8.87. The van der Waals surface area contributed by atoms with E-state index in [1.54, 1.807) is 0 Å². The Hall–Kier alpha value is -2.44. The minimum atomic E-state index is -0.687. The number of ether oxygens (including phenoxy) is 1. The number of esters is 1. The van der Waals surface area contributed by atoms with Crippen LogP contribution in [0, 0.1) is 16.7 Å². The number of carbonyl (C=O) groups excluding carboxylic acids is 3. The number of rotatable bonds is 5. The molecule has 2 aliphatic rings. The van der Waals surface area contributed by atoms with Crippen molar-refractivity contribution in [1.29, 1.82) is 0 Å². The lowest BCUT2D eigenvalue weighted by atomic mass is 9.70. The van der Waals surface area contributed by atoms with Gasteiger partial charge in [-0.3, -0.25) is 9.59 Å². The van der Waals surface area contributed by atoms with Crippen molar-refractivity contribution in [3.63, 3.8) is 0 Å². The highest BCUT2D eigenvalue weighted by Gasteiger charge is 2.60. The molecule has 140 valence electrons. The fraction of sp³-hybridized carbons (Fsp3) is 0.579. The Kier molecular flexibility index (Phi) is 4.50. The molecule has 0 spiro atoms. The molecular formula is C19H25N3O4. The molecule has 0 aromatic carbocycles. The van der Waals surface area contributed by atoms with Gasteiger partial charge in [-0.05, 0) is 43.6 Å². The van der Waals surface area contributed by atoms with Crippen LogP contribution in [-0.4, -0.2) is 35.0 Å². The van der Waals surface area contributed by atoms with Gasteiger partial charge in [0.05, 0.1) is 0 Å². The third-order valence-electron chi connectivity index (χ3n) is 6.47. The zero-order valence-electron chi connectivity index (χ0n) is 15.6. The van der Waals surface area contributed by atoms with Gasteiger partial charge in [0.2, 0.25) is 0 Å². The van der Waals surface area contributed by atoms with Crippen molar-refractivity contribution in [2.24, 2.45) is 21.8 Å². The molecule has 7 nitrogen and oxygen atoms in total. The molecule has 0 unspecified atom stereocenters. The summed E-state index contributed by atoms with van der Waals surface area (Å²) in [6.07, 6.45) is 4.62. The van der Waals surface area contributed by atoms with Crippen molar-refractivity contribution in [1.82, 2.24) is 10.4 Å². The number of ketones is 1. The van der Waals surface area contributed by atoms with E-state index in [2.05, 4.69) is 36.3 Å². The minimum absolute atomic E-state index is 0.00889. The topological polar surface area (TPSA) is 101 Å². The summed E-state index contributed by atoms with van der Waals surface area (Å²) in [5, 5.41) is 4.32. The van der Waals surface area contributed by atoms with Gasteiger partial charge >= 0.3 is 5.97 Å². The molecule has 2 aliphatic carbocycles. The first-order valence-corrected chi connectivity index (χ1v) is 8.87. The smallest absolute Gasteiger partial charge is 0.355 e. The maximum atomic E-state index is 12.0. The van der Waals surface area contributed by atoms with E-state index in [0.29, 0.717) is 11.5 Å². The van der Waals surface area contributed by atoms with Crippen LogP contribution in [0.2, 0.25) is 0 Å². The molecule has 0 aliphatic heterocycles. The molecule has 1 heterocycles. The highest BCUT2D eigenvalue weighted by molar-refractivity contribution is 5.98. The normalized spacial score (nSPS) is 27.5. The fourth-order valence-corrected chi connectivity index (χ4v) is 4.18.